The molecule has 0 saturated carbocycles. The smallest absolute Gasteiger partial charge is 0.154 e. The van der Waals surface area contributed by atoms with Crippen LogP contribution in [-0.2, 0) is 17.8 Å². The van der Waals surface area contributed by atoms with Gasteiger partial charge in [-0.05, 0) is 49.8 Å². The summed E-state index contributed by atoms with van der Waals surface area (Å²) >= 11 is 0. The molecular weight excluding hydrogens is 350 g/mol. The fraction of sp³-hybridized carbons (Fsp3) is 0.708. The minimum atomic E-state index is -1.62. The lowest BCUT2D eigenvalue weighted by Crippen LogP contribution is -2.44. The first-order valence-corrected chi connectivity index (χ1v) is 11.2. The summed E-state index contributed by atoms with van der Waals surface area (Å²) in [7, 11) is 0. The van der Waals surface area contributed by atoms with E-state index in [-0.39, 0.29) is 6.42 Å². The first-order chi connectivity index (χ1) is 13.6. The van der Waals surface area contributed by atoms with Crippen molar-refractivity contribution in [1.29, 1.82) is 0 Å². The van der Waals surface area contributed by atoms with Crippen molar-refractivity contribution in [3.8, 4) is 0 Å². The Kier molecular flexibility index (Phi) is 13.0. The Morgan fingerprint density at radius 1 is 0.964 bits per heavy atom. The van der Waals surface area contributed by atoms with Gasteiger partial charge in [-0.1, -0.05) is 76.6 Å². The first-order valence-electron chi connectivity index (χ1n) is 11.2. The zero-order chi connectivity index (χ0) is 20.7. The summed E-state index contributed by atoms with van der Waals surface area (Å²) < 4.78 is 0. The summed E-state index contributed by atoms with van der Waals surface area (Å²) in [4.78, 5) is 11.1. The largest absolute Gasteiger partial charge is 0.390 e. The highest BCUT2D eigenvalue weighted by Gasteiger charge is 2.33. The van der Waals surface area contributed by atoms with Crippen molar-refractivity contribution in [1.82, 2.24) is 5.32 Å². The standard InChI is InChI=1S/C24H41NO3/c1-3-5-6-7-8-9-10-12-21-13-15-22(16-14-21)19-25-18-11-17-24(28,20-26)23(27)4-2/h13-16,20,23,25,27-28H,3-12,17-19H2,1-2H3. The summed E-state index contributed by atoms with van der Waals surface area (Å²) in [6.07, 6.45) is 11.3. The molecule has 2 atom stereocenters. The van der Waals surface area contributed by atoms with Gasteiger partial charge in [-0.3, -0.25) is 0 Å². The van der Waals surface area contributed by atoms with Crippen LogP contribution in [0.25, 0.3) is 0 Å². The number of rotatable bonds is 17. The maximum Gasteiger partial charge on any atom is 0.154 e. The highest BCUT2D eigenvalue weighted by molar-refractivity contribution is 5.63. The number of benzene rings is 1. The number of aldehydes is 1. The molecule has 4 nitrogen and oxygen atoms in total. The van der Waals surface area contributed by atoms with Crippen molar-refractivity contribution in [3.63, 3.8) is 0 Å². The Labute approximate surface area is 171 Å². The predicted molar refractivity (Wildman–Crippen MR) is 116 cm³/mol. The molecule has 0 fully saturated rings. The molecule has 0 amide bonds. The van der Waals surface area contributed by atoms with Crippen LogP contribution in [-0.4, -0.2) is 34.7 Å². The normalized spacial score (nSPS) is 14.6. The molecule has 3 N–H and O–H groups in total. The quantitative estimate of drug-likeness (QED) is 0.269. The highest BCUT2D eigenvalue weighted by atomic mass is 16.3. The Hall–Kier alpha value is -1.23. The molecule has 0 bridgehead atoms. The minimum absolute atomic E-state index is 0.274. The first kappa shape index (κ1) is 24.8. The van der Waals surface area contributed by atoms with Crippen LogP contribution in [0.3, 0.4) is 0 Å². The van der Waals surface area contributed by atoms with E-state index < -0.39 is 11.7 Å². The fourth-order valence-electron chi connectivity index (χ4n) is 3.50. The molecule has 1 rings (SSSR count). The number of hydrogen-bond donors (Lipinski definition) is 3. The van der Waals surface area contributed by atoms with Gasteiger partial charge in [0.2, 0.25) is 0 Å². The maximum atomic E-state index is 11.1. The molecular formula is C24H41NO3. The van der Waals surface area contributed by atoms with Crippen LogP contribution in [0.15, 0.2) is 24.3 Å². The van der Waals surface area contributed by atoms with Gasteiger partial charge in [0.25, 0.3) is 0 Å². The lowest BCUT2D eigenvalue weighted by atomic mass is 9.91. The minimum Gasteiger partial charge on any atom is -0.390 e. The maximum absolute atomic E-state index is 11.1. The Morgan fingerprint density at radius 3 is 2.18 bits per heavy atom. The molecule has 0 aliphatic heterocycles. The molecule has 1 aromatic carbocycles. The molecule has 1 aromatic rings. The van der Waals surface area contributed by atoms with Crippen molar-refractivity contribution in [2.75, 3.05) is 6.54 Å². The van der Waals surface area contributed by atoms with E-state index in [1.54, 1.807) is 6.92 Å². The molecule has 2 unspecified atom stereocenters. The second-order valence-corrected chi connectivity index (χ2v) is 8.00. The number of aliphatic hydroxyl groups excluding tert-OH is 1. The monoisotopic (exact) mass is 391 g/mol. The molecule has 0 aromatic heterocycles. The average Bonchev–Trinajstić information content (AvgIpc) is 2.73. The van der Waals surface area contributed by atoms with Crippen LogP contribution in [0.4, 0.5) is 0 Å². The summed E-state index contributed by atoms with van der Waals surface area (Å²) in [5.74, 6) is 0. The topological polar surface area (TPSA) is 69.6 Å². The van der Waals surface area contributed by atoms with Crippen molar-refractivity contribution in [2.24, 2.45) is 0 Å². The molecule has 160 valence electrons. The third kappa shape index (κ3) is 9.81. The molecule has 0 radical (unpaired) electrons. The van der Waals surface area contributed by atoms with Gasteiger partial charge in [0.15, 0.2) is 6.29 Å². The summed E-state index contributed by atoms with van der Waals surface area (Å²) in [6, 6.07) is 8.78. The van der Waals surface area contributed by atoms with Gasteiger partial charge in [0, 0.05) is 6.54 Å². The summed E-state index contributed by atoms with van der Waals surface area (Å²) in [5.41, 5.74) is 1.03. The Bertz CT molecular complexity index is 517. The Balaban J connectivity index is 2.17. The molecule has 28 heavy (non-hydrogen) atoms. The zero-order valence-electron chi connectivity index (χ0n) is 18.0. The van der Waals surface area contributed by atoms with Gasteiger partial charge in [0.1, 0.15) is 5.60 Å². The second-order valence-electron chi connectivity index (χ2n) is 8.00. The van der Waals surface area contributed by atoms with E-state index in [1.807, 2.05) is 0 Å². The number of nitrogens with one attached hydrogen (secondary N) is 1. The van der Waals surface area contributed by atoms with E-state index in [4.69, 9.17) is 0 Å². The zero-order valence-corrected chi connectivity index (χ0v) is 18.0. The highest BCUT2D eigenvalue weighted by Crippen LogP contribution is 2.17. The number of hydrogen-bond acceptors (Lipinski definition) is 4. The van der Waals surface area contributed by atoms with E-state index in [0.29, 0.717) is 25.7 Å². The SMILES string of the molecule is CCCCCCCCCc1ccc(CNCCCC(O)(C=O)C(O)CC)cc1. The number of carbonyl (C=O) groups is 1. The van der Waals surface area contributed by atoms with Crippen LogP contribution < -0.4 is 5.32 Å². The predicted octanol–water partition coefficient (Wildman–Crippen LogP) is 4.55. The average molecular weight is 392 g/mol. The van der Waals surface area contributed by atoms with Crippen LogP contribution in [0.2, 0.25) is 0 Å². The second kappa shape index (κ2) is 14.7. The number of unbranched alkanes of at least 4 members (excludes halogenated alkanes) is 6. The van der Waals surface area contributed by atoms with E-state index in [9.17, 15) is 15.0 Å². The van der Waals surface area contributed by atoms with Gasteiger partial charge in [-0.2, -0.15) is 0 Å². The number of carbonyl (C=O) groups excluding carboxylic acids is 1. The third-order valence-corrected chi connectivity index (χ3v) is 5.52. The van der Waals surface area contributed by atoms with Crippen molar-refractivity contribution in [2.45, 2.75) is 103 Å². The summed E-state index contributed by atoms with van der Waals surface area (Å²) in [5, 5.41) is 23.2. The number of aliphatic hydroxyl groups is 2. The lowest BCUT2D eigenvalue weighted by molar-refractivity contribution is -0.138. The molecule has 0 aliphatic carbocycles. The lowest BCUT2D eigenvalue weighted by Gasteiger charge is -2.26. The number of aryl methyl sites for hydroxylation is 1. The third-order valence-electron chi connectivity index (χ3n) is 5.52. The van der Waals surface area contributed by atoms with E-state index >= 15 is 0 Å². The van der Waals surface area contributed by atoms with E-state index in [2.05, 4.69) is 36.5 Å². The molecule has 0 aliphatic rings. The van der Waals surface area contributed by atoms with Crippen molar-refractivity contribution < 1.29 is 15.0 Å². The molecule has 4 heteroatoms. The van der Waals surface area contributed by atoms with Crippen LogP contribution in [0, 0.1) is 0 Å². The van der Waals surface area contributed by atoms with E-state index in [0.717, 1.165) is 13.0 Å². The van der Waals surface area contributed by atoms with Gasteiger partial charge >= 0.3 is 0 Å². The summed E-state index contributed by atoms with van der Waals surface area (Å²) in [6.45, 7) is 5.49. The van der Waals surface area contributed by atoms with Gasteiger partial charge < -0.3 is 20.3 Å². The molecule has 0 saturated heterocycles. The molecule has 0 heterocycles. The van der Waals surface area contributed by atoms with Gasteiger partial charge in [-0.15, -0.1) is 0 Å². The molecule has 0 spiro atoms. The van der Waals surface area contributed by atoms with Crippen LogP contribution >= 0.6 is 0 Å². The van der Waals surface area contributed by atoms with Crippen molar-refractivity contribution >= 4 is 6.29 Å². The van der Waals surface area contributed by atoms with E-state index in [1.165, 1.54) is 56.1 Å². The van der Waals surface area contributed by atoms with Crippen LogP contribution in [0.5, 0.6) is 0 Å². The Morgan fingerprint density at radius 2 is 1.57 bits per heavy atom. The fourth-order valence-corrected chi connectivity index (χ4v) is 3.50. The van der Waals surface area contributed by atoms with Gasteiger partial charge in [0.05, 0.1) is 6.10 Å². The van der Waals surface area contributed by atoms with Crippen molar-refractivity contribution in [3.05, 3.63) is 35.4 Å². The van der Waals surface area contributed by atoms with Gasteiger partial charge in [-0.25, -0.2) is 0 Å². The van der Waals surface area contributed by atoms with Crippen LogP contribution in [0.1, 0.15) is 89.2 Å².